The van der Waals surface area contributed by atoms with Gasteiger partial charge in [0.05, 0.1) is 13.8 Å². The molecule has 164 valence electrons. The summed E-state index contributed by atoms with van der Waals surface area (Å²) in [6, 6.07) is 42.3. The van der Waals surface area contributed by atoms with E-state index in [-0.39, 0.29) is 0 Å². The van der Waals surface area contributed by atoms with Gasteiger partial charge in [0.1, 0.15) is 0 Å². The number of nitrogens with one attached hydrogen (secondary N) is 1. The van der Waals surface area contributed by atoms with Crippen molar-refractivity contribution in [1.82, 2.24) is 0 Å². The molecule has 2 heterocycles. The van der Waals surface area contributed by atoms with Crippen LogP contribution in [0.1, 0.15) is 0 Å². The molecule has 1 aliphatic heterocycles. The molecule has 6 aromatic carbocycles. The van der Waals surface area contributed by atoms with E-state index in [0.717, 1.165) is 0 Å². The predicted molar refractivity (Wildman–Crippen MR) is 156 cm³/mol. The van der Waals surface area contributed by atoms with Gasteiger partial charge in [-0.1, -0.05) is 109 Å². The zero-order valence-electron chi connectivity index (χ0n) is 18.8. The van der Waals surface area contributed by atoms with Crippen LogP contribution in [-0.2, 0) is 0 Å². The molecule has 1 atom stereocenters. The Labute approximate surface area is 208 Å². The predicted octanol–water partition coefficient (Wildman–Crippen LogP) is 8.80. The lowest BCUT2D eigenvalue weighted by molar-refractivity contribution is 1.69. The number of rotatable bonds is 1. The van der Waals surface area contributed by atoms with Crippen molar-refractivity contribution in [2.24, 2.45) is 0 Å². The minimum Gasteiger partial charge on any atom is -0.356 e. The van der Waals surface area contributed by atoms with Crippen molar-refractivity contribution in [1.29, 1.82) is 0 Å². The van der Waals surface area contributed by atoms with Crippen LogP contribution in [0.25, 0.3) is 52.8 Å². The molecule has 0 spiro atoms. The Morgan fingerprint density at radius 2 is 1.23 bits per heavy atom. The number of fused-ring (bicyclic) bond motifs is 12. The molecule has 0 saturated heterocycles. The normalized spacial score (nSPS) is 14.8. The summed E-state index contributed by atoms with van der Waals surface area (Å²) < 4.78 is 2.72. The van der Waals surface area contributed by atoms with Gasteiger partial charge in [-0.05, 0) is 22.2 Å². The third kappa shape index (κ3) is 2.73. The Bertz CT molecular complexity index is 1940. The fraction of sp³-hybridized carbons (Fsp3) is 0. The van der Waals surface area contributed by atoms with E-state index < -0.39 is 8.07 Å². The highest BCUT2D eigenvalue weighted by molar-refractivity contribution is 7.74. The Hall–Kier alpha value is -3.71. The summed E-state index contributed by atoms with van der Waals surface area (Å²) in [4.78, 5) is 0. The maximum Gasteiger partial charge on any atom is 0.0558 e. The number of anilines is 1. The summed E-state index contributed by atoms with van der Waals surface area (Å²) in [5.74, 6) is 0. The molecular formula is C32H20NPS. The van der Waals surface area contributed by atoms with Crippen LogP contribution >= 0.6 is 19.4 Å². The van der Waals surface area contributed by atoms with Gasteiger partial charge in [0.25, 0.3) is 0 Å². The van der Waals surface area contributed by atoms with Gasteiger partial charge in [0.2, 0.25) is 0 Å². The SMILES string of the molecule is c1ccc(P2Nc3c(c4ccccc4c4sc5ccccc5c34)-c3c2ccc2ccccc32)cc1. The first-order valence-electron chi connectivity index (χ1n) is 11.9. The zero-order chi connectivity index (χ0) is 22.9. The average molecular weight is 482 g/mol. The topological polar surface area (TPSA) is 12.0 Å². The van der Waals surface area contributed by atoms with Crippen LogP contribution in [-0.4, -0.2) is 0 Å². The van der Waals surface area contributed by atoms with Gasteiger partial charge in [-0.15, -0.1) is 11.3 Å². The molecule has 0 amide bonds. The second-order valence-corrected chi connectivity index (χ2v) is 12.0. The zero-order valence-corrected chi connectivity index (χ0v) is 20.5. The molecule has 1 aliphatic rings. The molecule has 0 fully saturated rings. The van der Waals surface area contributed by atoms with Gasteiger partial charge >= 0.3 is 0 Å². The smallest absolute Gasteiger partial charge is 0.0558 e. The van der Waals surface area contributed by atoms with E-state index in [2.05, 4.69) is 120 Å². The molecule has 0 radical (unpaired) electrons. The molecule has 0 bridgehead atoms. The van der Waals surface area contributed by atoms with Crippen LogP contribution in [0.5, 0.6) is 0 Å². The number of hydrogen-bond acceptors (Lipinski definition) is 2. The first kappa shape index (κ1) is 19.6. The highest BCUT2D eigenvalue weighted by atomic mass is 32.1. The maximum absolute atomic E-state index is 4.12. The molecule has 8 rings (SSSR count). The largest absolute Gasteiger partial charge is 0.356 e. The fourth-order valence-corrected chi connectivity index (χ4v) is 9.05. The minimum absolute atomic E-state index is 0.753. The summed E-state index contributed by atoms with van der Waals surface area (Å²) in [6.45, 7) is 0. The molecule has 1 N–H and O–H groups in total. The first-order valence-corrected chi connectivity index (χ1v) is 14.0. The average Bonchev–Trinajstić information content (AvgIpc) is 3.33. The van der Waals surface area contributed by atoms with E-state index in [1.165, 1.54) is 69.1 Å². The molecule has 7 aromatic rings. The summed E-state index contributed by atoms with van der Waals surface area (Å²) in [7, 11) is -0.753. The van der Waals surface area contributed by atoms with Crippen molar-refractivity contribution >= 4 is 77.4 Å². The fourth-order valence-electron chi connectivity index (χ4n) is 5.68. The number of thiophene rings is 1. The van der Waals surface area contributed by atoms with Gasteiger partial charge in [0, 0.05) is 47.3 Å². The monoisotopic (exact) mass is 481 g/mol. The molecular weight excluding hydrogens is 461 g/mol. The van der Waals surface area contributed by atoms with Crippen LogP contribution in [0, 0.1) is 0 Å². The lowest BCUT2D eigenvalue weighted by Crippen LogP contribution is -2.23. The number of hydrogen-bond donors (Lipinski definition) is 1. The van der Waals surface area contributed by atoms with Crippen molar-refractivity contribution in [2.45, 2.75) is 0 Å². The van der Waals surface area contributed by atoms with Gasteiger partial charge in [-0.3, -0.25) is 0 Å². The third-order valence-electron chi connectivity index (χ3n) is 7.17. The van der Waals surface area contributed by atoms with Crippen molar-refractivity contribution in [3.8, 4) is 11.1 Å². The van der Waals surface area contributed by atoms with Crippen LogP contribution < -0.4 is 15.7 Å². The number of benzene rings is 6. The van der Waals surface area contributed by atoms with Crippen molar-refractivity contribution in [3.05, 3.63) is 115 Å². The van der Waals surface area contributed by atoms with Crippen LogP contribution in [0.15, 0.2) is 115 Å². The molecule has 35 heavy (non-hydrogen) atoms. The van der Waals surface area contributed by atoms with Crippen molar-refractivity contribution < 1.29 is 0 Å². The summed E-state index contributed by atoms with van der Waals surface area (Å²) in [5, 5.41) is 14.9. The van der Waals surface area contributed by atoms with E-state index >= 15 is 0 Å². The van der Waals surface area contributed by atoms with E-state index in [4.69, 9.17) is 0 Å². The van der Waals surface area contributed by atoms with Gasteiger partial charge in [0.15, 0.2) is 0 Å². The van der Waals surface area contributed by atoms with E-state index in [9.17, 15) is 0 Å². The lowest BCUT2D eigenvalue weighted by Gasteiger charge is -2.32. The van der Waals surface area contributed by atoms with Crippen molar-refractivity contribution in [2.75, 3.05) is 5.09 Å². The second kappa shape index (κ2) is 7.39. The molecule has 1 aromatic heterocycles. The highest BCUT2D eigenvalue weighted by Crippen LogP contribution is 2.56. The van der Waals surface area contributed by atoms with E-state index in [0.29, 0.717) is 0 Å². The standard InChI is InChI=1S/C32H20NPS/c1-2-11-21(12-3-1)34-26-19-18-20-10-4-5-13-22(20)28(26)29-23-14-6-7-15-24(23)32-30(31(29)33-34)25-16-8-9-17-27(25)35-32/h1-19,33H. The van der Waals surface area contributed by atoms with Gasteiger partial charge < -0.3 is 5.09 Å². The Morgan fingerprint density at radius 1 is 0.543 bits per heavy atom. The van der Waals surface area contributed by atoms with E-state index in [1.807, 2.05) is 11.3 Å². The maximum atomic E-state index is 4.12. The lowest BCUT2D eigenvalue weighted by atomic mass is 9.90. The van der Waals surface area contributed by atoms with Gasteiger partial charge in [-0.2, -0.15) is 0 Å². The Kier molecular flexibility index (Phi) is 4.14. The van der Waals surface area contributed by atoms with Crippen LogP contribution in [0.2, 0.25) is 0 Å². The summed E-state index contributed by atoms with van der Waals surface area (Å²) in [5.41, 5.74) is 4.02. The molecule has 1 nitrogen and oxygen atoms in total. The first-order chi connectivity index (χ1) is 17.4. The quantitative estimate of drug-likeness (QED) is 0.231. The summed E-state index contributed by atoms with van der Waals surface area (Å²) in [6.07, 6.45) is 0. The molecule has 3 heteroatoms. The summed E-state index contributed by atoms with van der Waals surface area (Å²) >= 11 is 1.91. The Morgan fingerprint density at radius 3 is 2.09 bits per heavy atom. The van der Waals surface area contributed by atoms with Gasteiger partial charge in [-0.25, -0.2) is 0 Å². The van der Waals surface area contributed by atoms with Crippen molar-refractivity contribution in [3.63, 3.8) is 0 Å². The Balaban J connectivity index is 1.63. The minimum atomic E-state index is -0.753. The van der Waals surface area contributed by atoms with E-state index in [1.54, 1.807) is 0 Å². The molecule has 0 aliphatic carbocycles. The third-order valence-corrected chi connectivity index (χ3v) is 10.5. The van der Waals surface area contributed by atoms with Crippen LogP contribution in [0.4, 0.5) is 5.69 Å². The molecule has 0 saturated carbocycles. The second-order valence-electron chi connectivity index (χ2n) is 9.06. The molecule has 1 unspecified atom stereocenters. The highest BCUT2D eigenvalue weighted by Gasteiger charge is 2.31. The van der Waals surface area contributed by atoms with Crippen LogP contribution in [0.3, 0.4) is 0 Å².